The van der Waals surface area contributed by atoms with Crippen molar-refractivity contribution in [3.63, 3.8) is 0 Å². The lowest BCUT2D eigenvalue weighted by Crippen LogP contribution is -2.40. The predicted molar refractivity (Wildman–Crippen MR) is 138 cm³/mol. The molecule has 35 heavy (non-hydrogen) atoms. The van der Waals surface area contributed by atoms with E-state index in [9.17, 15) is 14.7 Å². The number of fused-ring (bicyclic) bond motifs is 1. The van der Waals surface area contributed by atoms with Crippen LogP contribution in [0.1, 0.15) is 44.4 Å². The number of nitrogens with zero attached hydrogens (tertiary/aromatic N) is 2. The number of thiazole rings is 1. The molecule has 9 heteroatoms. The van der Waals surface area contributed by atoms with Gasteiger partial charge in [0.1, 0.15) is 17.5 Å². The van der Waals surface area contributed by atoms with Crippen molar-refractivity contribution in [1.29, 1.82) is 0 Å². The molecule has 2 heterocycles. The smallest absolute Gasteiger partial charge is 0.338 e. The molecule has 3 aromatic rings. The van der Waals surface area contributed by atoms with Crippen molar-refractivity contribution in [1.82, 2.24) is 4.57 Å². The average molecular weight is 557 g/mol. The fraction of sp³-hybridized carbons (Fsp3) is 0.269. The van der Waals surface area contributed by atoms with Crippen LogP contribution >= 0.6 is 27.3 Å². The van der Waals surface area contributed by atoms with Gasteiger partial charge in [0.15, 0.2) is 4.80 Å². The first kappa shape index (κ1) is 24.9. The minimum atomic E-state index is -0.767. The van der Waals surface area contributed by atoms with E-state index >= 15 is 0 Å². The van der Waals surface area contributed by atoms with Crippen molar-refractivity contribution < 1.29 is 19.4 Å². The first-order valence-corrected chi connectivity index (χ1v) is 12.9. The SMILES string of the molecule is CCCOc1ccccc1[C@@H]1C(C(=O)OCC)=C(C)N=c2sc(=Cc3cc(Br)ccc3O)c(=O)n21. The van der Waals surface area contributed by atoms with E-state index in [-0.39, 0.29) is 17.9 Å². The molecule has 0 fully saturated rings. The normalized spacial score (nSPS) is 15.5. The van der Waals surface area contributed by atoms with Gasteiger partial charge in [-0.05, 0) is 50.6 Å². The Morgan fingerprint density at radius 3 is 2.77 bits per heavy atom. The van der Waals surface area contributed by atoms with Crippen LogP contribution in [-0.4, -0.2) is 28.9 Å². The van der Waals surface area contributed by atoms with Gasteiger partial charge in [0, 0.05) is 15.6 Å². The molecule has 1 atom stereocenters. The van der Waals surface area contributed by atoms with Crippen LogP contribution in [0.5, 0.6) is 11.5 Å². The van der Waals surface area contributed by atoms with Crippen molar-refractivity contribution in [2.24, 2.45) is 4.99 Å². The number of rotatable bonds is 7. The Hall–Kier alpha value is -3.17. The number of allylic oxidation sites excluding steroid dienone is 1. The maximum Gasteiger partial charge on any atom is 0.338 e. The second-order valence-electron chi connectivity index (χ2n) is 7.89. The summed E-state index contributed by atoms with van der Waals surface area (Å²) in [6.07, 6.45) is 2.44. The summed E-state index contributed by atoms with van der Waals surface area (Å²) >= 11 is 4.60. The number of carbonyl (C=O) groups is 1. The van der Waals surface area contributed by atoms with E-state index in [0.717, 1.165) is 10.9 Å². The summed E-state index contributed by atoms with van der Waals surface area (Å²) < 4.78 is 14.0. The lowest BCUT2D eigenvalue weighted by molar-refractivity contribution is -0.139. The highest BCUT2D eigenvalue weighted by Crippen LogP contribution is 2.36. The first-order valence-electron chi connectivity index (χ1n) is 11.3. The van der Waals surface area contributed by atoms with Crippen LogP contribution in [0.25, 0.3) is 6.08 Å². The Morgan fingerprint density at radius 1 is 1.26 bits per heavy atom. The number of halogens is 1. The lowest BCUT2D eigenvalue weighted by atomic mass is 9.95. The topological polar surface area (TPSA) is 90.1 Å². The molecule has 1 aliphatic rings. The quantitative estimate of drug-likeness (QED) is 0.443. The Kier molecular flexibility index (Phi) is 7.57. The summed E-state index contributed by atoms with van der Waals surface area (Å²) in [5, 5.41) is 10.3. The lowest BCUT2D eigenvalue weighted by Gasteiger charge is -2.26. The maximum atomic E-state index is 13.7. The summed E-state index contributed by atoms with van der Waals surface area (Å²) in [5.41, 5.74) is 1.63. The van der Waals surface area contributed by atoms with Crippen LogP contribution in [0.3, 0.4) is 0 Å². The van der Waals surface area contributed by atoms with E-state index in [1.807, 2.05) is 31.2 Å². The number of aromatic nitrogens is 1. The maximum absolute atomic E-state index is 13.7. The highest BCUT2D eigenvalue weighted by atomic mass is 79.9. The molecule has 1 aromatic heterocycles. The standard InChI is InChI=1S/C26H25BrN2O5S/c1-4-12-34-20-9-7-6-8-18(20)23-22(25(32)33-5-2)15(3)28-26-29(23)24(31)21(35-26)14-16-13-17(27)10-11-19(16)30/h6-11,13-14,23,30H,4-5,12H2,1-3H3/t23-/m1/s1. The zero-order valence-electron chi connectivity index (χ0n) is 19.6. The third-order valence-corrected chi connectivity index (χ3v) is 6.94. The predicted octanol–water partition coefficient (Wildman–Crippen LogP) is 4.06. The molecule has 0 radical (unpaired) electrons. The van der Waals surface area contributed by atoms with E-state index in [1.54, 1.807) is 38.1 Å². The highest BCUT2D eigenvalue weighted by molar-refractivity contribution is 9.10. The van der Waals surface area contributed by atoms with E-state index in [2.05, 4.69) is 20.9 Å². The molecule has 0 amide bonds. The first-order chi connectivity index (χ1) is 16.8. The summed E-state index contributed by atoms with van der Waals surface area (Å²) in [4.78, 5) is 31.9. The van der Waals surface area contributed by atoms with Crippen LogP contribution in [-0.2, 0) is 9.53 Å². The molecule has 0 spiro atoms. The number of esters is 1. The highest BCUT2D eigenvalue weighted by Gasteiger charge is 2.35. The third-order valence-electron chi connectivity index (χ3n) is 5.47. The third kappa shape index (κ3) is 4.97. The Morgan fingerprint density at radius 2 is 2.03 bits per heavy atom. The molecule has 0 aliphatic carbocycles. The second kappa shape index (κ2) is 10.6. The van der Waals surface area contributed by atoms with Gasteiger partial charge in [0.2, 0.25) is 0 Å². The number of ether oxygens (including phenoxy) is 2. The average Bonchev–Trinajstić information content (AvgIpc) is 3.14. The van der Waals surface area contributed by atoms with Crippen molar-refractivity contribution in [2.75, 3.05) is 13.2 Å². The molecule has 7 nitrogen and oxygen atoms in total. The van der Waals surface area contributed by atoms with Gasteiger partial charge in [-0.1, -0.05) is 52.4 Å². The number of carbonyl (C=O) groups excluding carboxylic acids is 1. The monoisotopic (exact) mass is 556 g/mol. The molecule has 4 rings (SSSR count). The van der Waals surface area contributed by atoms with Crippen LogP contribution < -0.4 is 19.6 Å². The number of phenolic OH excluding ortho intramolecular Hbond substituents is 1. The molecular weight excluding hydrogens is 532 g/mol. The number of phenols is 1. The molecule has 0 bridgehead atoms. The molecule has 0 saturated carbocycles. The molecule has 0 unspecified atom stereocenters. The van der Waals surface area contributed by atoms with Gasteiger partial charge in [-0.15, -0.1) is 0 Å². The van der Waals surface area contributed by atoms with Gasteiger partial charge in [-0.3, -0.25) is 9.36 Å². The molecule has 0 saturated heterocycles. The van der Waals surface area contributed by atoms with Crippen LogP contribution in [0.4, 0.5) is 0 Å². The molecule has 2 aromatic carbocycles. The van der Waals surface area contributed by atoms with E-state index in [4.69, 9.17) is 9.47 Å². The van der Waals surface area contributed by atoms with Crippen molar-refractivity contribution in [3.8, 4) is 11.5 Å². The fourth-order valence-corrected chi connectivity index (χ4v) is 5.33. The molecule has 1 N–H and O–H groups in total. The van der Waals surface area contributed by atoms with Gasteiger partial charge in [0.05, 0.1) is 29.0 Å². The summed E-state index contributed by atoms with van der Waals surface area (Å²) in [6.45, 7) is 6.19. The van der Waals surface area contributed by atoms with E-state index < -0.39 is 12.0 Å². The minimum Gasteiger partial charge on any atom is -0.507 e. The van der Waals surface area contributed by atoms with Gasteiger partial charge >= 0.3 is 5.97 Å². The van der Waals surface area contributed by atoms with Gasteiger partial charge in [-0.2, -0.15) is 0 Å². The largest absolute Gasteiger partial charge is 0.507 e. The number of hydrogen-bond donors (Lipinski definition) is 1. The van der Waals surface area contributed by atoms with Crippen molar-refractivity contribution in [3.05, 3.63) is 89.0 Å². The zero-order valence-corrected chi connectivity index (χ0v) is 22.0. The second-order valence-corrected chi connectivity index (χ2v) is 9.82. The summed E-state index contributed by atoms with van der Waals surface area (Å²) in [6, 6.07) is 11.6. The van der Waals surface area contributed by atoms with E-state index in [0.29, 0.717) is 44.1 Å². The zero-order chi connectivity index (χ0) is 25.1. The molecule has 182 valence electrons. The van der Waals surface area contributed by atoms with Gasteiger partial charge in [-0.25, -0.2) is 9.79 Å². The van der Waals surface area contributed by atoms with Crippen molar-refractivity contribution in [2.45, 2.75) is 33.2 Å². The molecular formula is C26H25BrN2O5S. The number of benzene rings is 2. The Labute approximate surface area is 214 Å². The van der Waals surface area contributed by atoms with E-state index in [1.165, 1.54) is 15.9 Å². The van der Waals surface area contributed by atoms with Crippen LogP contribution in [0.15, 0.2) is 68.0 Å². The Balaban J connectivity index is 1.98. The van der Waals surface area contributed by atoms with Gasteiger partial charge in [0.25, 0.3) is 5.56 Å². The fourth-order valence-electron chi connectivity index (χ4n) is 3.92. The number of hydrogen-bond acceptors (Lipinski definition) is 7. The molecule has 1 aliphatic heterocycles. The Bertz CT molecular complexity index is 1490. The van der Waals surface area contributed by atoms with Crippen LogP contribution in [0, 0.1) is 0 Å². The minimum absolute atomic E-state index is 0.0530. The van der Waals surface area contributed by atoms with Crippen molar-refractivity contribution >= 4 is 39.3 Å². The van der Waals surface area contributed by atoms with Gasteiger partial charge < -0.3 is 14.6 Å². The van der Waals surface area contributed by atoms with Crippen LogP contribution in [0.2, 0.25) is 0 Å². The summed E-state index contributed by atoms with van der Waals surface area (Å²) in [5.74, 6) is 0.121. The summed E-state index contributed by atoms with van der Waals surface area (Å²) in [7, 11) is 0. The number of aromatic hydroxyl groups is 1. The number of para-hydroxylation sites is 1.